The number of aromatic nitrogens is 1. The van der Waals surface area contributed by atoms with E-state index in [1.807, 2.05) is 33.8 Å². The molecule has 1 aliphatic heterocycles. The maximum absolute atomic E-state index is 13.2. The molecule has 1 aliphatic rings. The number of hydrogen-bond acceptors (Lipinski definition) is 6. The molecular weight excluding hydrogens is 432 g/mol. The van der Waals surface area contributed by atoms with Crippen LogP contribution in [0.3, 0.4) is 0 Å². The Kier molecular flexibility index (Phi) is 6.28. The molecule has 0 saturated carbocycles. The fourth-order valence-corrected chi connectivity index (χ4v) is 4.17. The molecular formula is C27H28N2O5. The van der Waals surface area contributed by atoms with Gasteiger partial charge < -0.3 is 19.2 Å². The SMILES string of the molecule is CCOc1ccc(/C(O)=C2/C(=O)C(=O)N(Cc3ccncc3)C2c2ccco2)cc1C(C)(C)C. The summed E-state index contributed by atoms with van der Waals surface area (Å²) in [6.45, 7) is 8.73. The topological polar surface area (TPSA) is 92.9 Å². The highest BCUT2D eigenvalue weighted by Crippen LogP contribution is 2.41. The van der Waals surface area contributed by atoms with Crippen LogP contribution in [-0.2, 0) is 21.5 Å². The van der Waals surface area contributed by atoms with Crippen LogP contribution in [-0.4, -0.2) is 33.3 Å². The normalized spacial score (nSPS) is 17.9. The Bertz CT molecular complexity index is 1220. The van der Waals surface area contributed by atoms with Crippen LogP contribution < -0.4 is 4.74 Å². The fraction of sp³-hybridized carbons (Fsp3) is 0.296. The number of likely N-dealkylation sites (tertiary alicyclic amines) is 1. The van der Waals surface area contributed by atoms with Gasteiger partial charge in [0.15, 0.2) is 0 Å². The molecule has 34 heavy (non-hydrogen) atoms. The Morgan fingerprint density at radius 3 is 2.50 bits per heavy atom. The van der Waals surface area contributed by atoms with Crippen LogP contribution in [0, 0.1) is 0 Å². The summed E-state index contributed by atoms with van der Waals surface area (Å²) >= 11 is 0. The van der Waals surface area contributed by atoms with E-state index in [2.05, 4.69) is 4.98 Å². The summed E-state index contributed by atoms with van der Waals surface area (Å²) in [5, 5.41) is 11.4. The number of pyridine rings is 1. The van der Waals surface area contributed by atoms with E-state index in [0.29, 0.717) is 23.7 Å². The van der Waals surface area contributed by atoms with Gasteiger partial charge in [0.05, 0.1) is 18.4 Å². The summed E-state index contributed by atoms with van der Waals surface area (Å²) in [5.41, 5.74) is 1.86. The van der Waals surface area contributed by atoms with Gasteiger partial charge in [0.2, 0.25) is 0 Å². The Morgan fingerprint density at radius 2 is 1.88 bits per heavy atom. The monoisotopic (exact) mass is 460 g/mol. The second kappa shape index (κ2) is 9.17. The van der Waals surface area contributed by atoms with Crippen LogP contribution in [0.4, 0.5) is 0 Å². The lowest BCUT2D eigenvalue weighted by molar-refractivity contribution is -0.140. The van der Waals surface area contributed by atoms with E-state index in [0.717, 1.165) is 11.1 Å². The van der Waals surface area contributed by atoms with Crippen molar-refractivity contribution >= 4 is 17.4 Å². The quantitative estimate of drug-likeness (QED) is 0.316. The van der Waals surface area contributed by atoms with Crippen LogP contribution >= 0.6 is 0 Å². The van der Waals surface area contributed by atoms with E-state index in [-0.39, 0.29) is 23.3 Å². The maximum Gasteiger partial charge on any atom is 0.296 e. The van der Waals surface area contributed by atoms with Gasteiger partial charge >= 0.3 is 0 Å². The number of ketones is 1. The van der Waals surface area contributed by atoms with Gasteiger partial charge in [-0.05, 0) is 60.4 Å². The number of ether oxygens (including phenoxy) is 1. The molecule has 1 atom stereocenters. The third-order valence-corrected chi connectivity index (χ3v) is 5.82. The summed E-state index contributed by atoms with van der Waals surface area (Å²) in [4.78, 5) is 31.7. The molecule has 2 aromatic heterocycles. The zero-order chi connectivity index (χ0) is 24.5. The summed E-state index contributed by atoms with van der Waals surface area (Å²) in [6, 6.07) is 11.4. The number of carbonyl (C=O) groups is 2. The van der Waals surface area contributed by atoms with E-state index in [9.17, 15) is 14.7 Å². The lowest BCUT2D eigenvalue weighted by Crippen LogP contribution is -2.29. The van der Waals surface area contributed by atoms with Gasteiger partial charge in [-0.25, -0.2) is 0 Å². The van der Waals surface area contributed by atoms with Crippen LogP contribution in [0.15, 0.2) is 71.1 Å². The molecule has 0 radical (unpaired) electrons. The first-order chi connectivity index (χ1) is 16.2. The van der Waals surface area contributed by atoms with E-state index in [4.69, 9.17) is 9.15 Å². The lowest BCUT2D eigenvalue weighted by atomic mass is 9.84. The Labute approximate surface area is 198 Å². The smallest absolute Gasteiger partial charge is 0.296 e. The number of nitrogens with zero attached hydrogens (tertiary/aromatic N) is 2. The van der Waals surface area contributed by atoms with E-state index >= 15 is 0 Å². The molecule has 7 nitrogen and oxygen atoms in total. The van der Waals surface area contributed by atoms with Gasteiger partial charge in [-0.2, -0.15) is 0 Å². The van der Waals surface area contributed by atoms with Crippen molar-refractivity contribution < 1.29 is 23.8 Å². The highest BCUT2D eigenvalue weighted by Gasteiger charge is 2.47. The van der Waals surface area contributed by atoms with Crippen molar-refractivity contribution in [1.29, 1.82) is 0 Å². The van der Waals surface area contributed by atoms with Gasteiger partial charge in [-0.1, -0.05) is 20.8 Å². The van der Waals surface area contributed by atoms with E-state index in [1.165, 1.54) is 11.2 Å². The van der Waals surface area contributed by atoms with Crippen LogP contribution in [0.2, 0.25) is 0 Å². The standard InChI is InChI=1S/C27H28N2O5/c1-5-33-20-9-8-18(15-19(20)27(2,3)4)24(30)22-23(21-7-6-14-34-21)29(26(32)25(22)31)16-17-10-12-28-13-11-17/h6-15,23,30H,5,16H2,1-4H3/b24-22-. The number of benzene rings is 1. The average molecular weight is 461 g/mol. The predicted octanol–water partition coefficient (Wildman–Crippen LogP) is 4.99. The molecule has 1 amide bonds. The van der Waals surface area contributed by atoms with Crippen molar-refractivity contribution in [2.75, 3.05) is 6.61 Å². The molecule has 176 valence electrons. The molecule has 1 fully saturated rings. The van der Waals surface area contributed by atoms with Gasteiger partial charge in [-0.3, -0.25) is 14.6 Å². The lowest BCUT2D eigenvalue weighted by Gasteiger charge is -2.25. The first-order valence-electron chi connectivity index (χ1n) is 11.2. The number of aliphatic hydroxyl groups is 1. The largest absolute Gasteiger partial charge is 0.507 e. The Morgan fingerprint density at radius 1 is 1.15 bits per heavy atom. The number of furan rings is 1. The third-order valence-electron chi connectivity index (χ3n) is 5.82. The number of carbonyl (C=O) groups excluding carboxylic acids is 2. The molecule has 0 aliphatic carbocycles. The molecule has 1 aromatic carbocycles. The highest BCUT2D eigenvalue weighted by atomic mass is 16.5. The molecule has 4 rings (SSSR count). The fourth-order valence-electron chi connectivity index (χ4n) is 4.17. The van der Waals surface area contributed by atoms with Crippen molar-refractivity contribution in [2.45, 2.75) is 45.7 Å². The van der Waals surface area contributed by atoms with Crippen LogP contribution in [0.1, 0.15) is 56.2 Å². The minimum absolute atomic E-state index is 0.00183. The molecule has 3 heterocycles. The molecule has 1 unspecified atom stereocenters. The molecule has 1 saturated heterocycles. The summed E-state index contributed by atoms with van der Waals surface area (Å²) in [7, 11) is 0. The number of aliphatic hydroxyl groups excluding tert-OH is 1. The molecule has 0 spiro atoms. The van der Waals surface area contributed by atoms with Crippen molar-refractivity contribution in [2.24, 2.45) is 0 Å². The average Bonchev–Trinajstić information content (AvgIpc) is 3.42. The van der Waals surface area contributed by atoms with Gasteiger partial charge in [-0.15, -0.1) is 0 Å². The first kappa shape index (κ1) is 23.3. The van der Waals surface area contributed by atoms with Gasteiger partial charge in [0, 0.05) is 30.1 Å². The van der Waals surface area contributed by atoms with E-state index in [1.54, 1.807) is 48.8 Å². The molecule has 0 bridgehead atoms. The minimum atomic E-state index is -0.854. The highest BCUT2D eigenvalue weighted by molar-refractivity contribution is 6.46. The van der Waals surface area contributed by atoms with Crippen molar-refractivity contribution in [3.05, 3.63) is 89.1 Å². The van der Waals surface area contributed by atoms with Gasteiger partial charge in [0.1, 0.15) is 23.3 Å². The number of rotatable bonds is 6. The third kappa shape index (κ3) is 4.33. The zero-order valence-corrected chi connectivity index (χ0v) is 19.7. The zero-order valence-electron chi connectivity index (χ0n) is 19.7. The Hall–Kier alpha value is -3.87. The first-order valence-corrected chi connectivity index (χ1v) is 11.2. The number of hydrogen-bond donors (Lipinski definition) is 1. The minimum Gasteiger partial charge on any atom is -0.507 e. The summed E-state index contributed by atoms with van der Waals surface area (Å²) in [5.74, 6) is -0.574. The Balaban J connectivity index is 1.85. The second-order valence-corrected chi connectivity index (χ2v) is 9.19. The molecule has 7 heteroatoms. The number of Topliss-reactive ketones (excluding diaryl/α,β-unsaturated/α-hetero) is 1. The van der Waals surface area contributed by atoms with Crippen molar-refractivity contribution in [1.82, 2.24) is 9.88 Å². The summed E-state index contributed by atoms with van der Waals surface area (Å²) < 4.78 is 11.4. The second-order valence-electron chi connectivity index (χ2n) is 9.19. The summed E-state index contributed by atoms with van der Waals surface area (Å²) in [6.07, 6.45) is 4.74. The molecule has 1 N–H and O–H groups in total. The van der Waals surface area contributed by atoms with Crippen LogP contribution in [0.25, 0.3) is 5.76 Å². The van der Waals surface area contributed by atoms with Crippen LogP contribution in [0.5, 0.6) is 5.75 Å². The number of amides is 1. The molecule has 3 aromatic rings. The maximum atomic E-state index is 13.2. The predicted molar refractivity (Wildman–Crippen MR) is 127 cm³/mol. The van der Waals surface area contributed by atoms with Gasteiger partial charge in [0.25, 0.3) is 11.7 Å². The van der Waals surface area contributed by atoms with Crippen molar-refractivity contribution in [3.63, 3.8) is 0 Å². The van der Waals surface area contributed by atoms with Crippen molar-refractivity contribution in [3.8, 4) is 5.75 Å². The van der Waals surface area contributed by atoms with E-state index < -0.39 is 17.7 Å².